The van der Waals surface area contributed by atoms with Gasteiger partial charge in [0.05, 0.1) is 12.1 Å². The lowest BCUT2D eigenvalue weighted by atomic mass is 10.1. The van der Waals surface area contributed by atoms with Crippen LogP contribution in [0.2, 0.25) is 0 Å². The molecule has 0 aliphatic carbocycles. The Hall–Kier alpha value is -1.65. The van der Waals surface area contributed by atoms with E-state index in [0.717, 1.165) is 42.1 Å². The van der Waals surface area contributed by atoms with Crippen LogP contribution in [0.15, 0.2) is 18.2 Å². The van der Waals surface area contributed by atoms with Gasteiger partial charge in [0, 0.05) is 25.8 Å². The Morgan fingerprint density at radius 1 is 1.35 bits per heavy atom. The topological polar surface area (TPSA) is 23.6 Å². The van der Waals surface area contributed by atoms with Crippen molar-refractivity contribution in [2.75, 3.05) is 31.6 Å². The quantitative estimate of drug-likeness (QED) is 0.847. The van der Waals surface area contributed by atoms with Gasteiger partial charge in [0.15, 0.2) is 0 Å². The number of carbonyl (C=O) groups excluding carboxylic acids is 1. The Morgan fingerprint density at radius 3 is 2.60 bits per heavy atom. The zero-order valence-electron chi connectivity index (χ0n) is 11.9. The first-order chi connectivity index (χ1) is 9.49. The number of nitrogens with zero attached hydrogens (tertiary/aromatic N) is 2. The summed E-state index contributed by atoms with van der Waals surface area (Å²) in [4.78, 5) is 15.6. The molecule has 20 heavy (non-hydrogen) atoms. The first-order valence-electron chi connectivity index (χ1n) is 6.88. The molecule has 1 amide bonds. The molecule has 110 valence electrons. The Bertz CT molecular complexity index is 485. The third-order valence-electron chi connectivity index (χ3n) is 3.59. The predicted octanol–water partition coefficient (Wildman–Crippen LogP) is 2.93. The van der Waals surface area contributed by atoms with Crippen molar-refractivity contribution < 1.29 is 13.6 Å². The van der Waals surface area contributed by atoms with Gasteiger partial charge in [0.25, 0.3) is 12.3 Å². The van der Waals surface area contributed by atoms with E-state index in [1.807, 2.05) is 19.1 Å². The van der Waals surface area contributed by atoms with Crippen molar-refractivity contribution in [2.24, 2.45) is 0 Å². The highest BCUT2D eigenvalue weighted by atomic mass is 19.3. The maximum atomic E-state index is 12.4. The second-order valence-electron chi connectivity index (χ2n) is 5.29. The number of anilines is 1. The number of carbonyl (C=O) groups is 1. The number of rotatable bonds is 4. The highest BCUT2D eigenvalue weighted by Crippen LogP contribution is 2.26. The van der Waals surface area contributed by atoms with E-state index < -0.39 is 13.0 Å². The molecule has 0 unspecified atom stereocenters. The van der Waals surface area contributed by atoms with Gasteiger partial charge in [-0.05, 0) is 31.9 Å². The molecule has 0 atom stereocenters. The lowest BCUT2D eigenvalue weighted by molar-refractivity contribution is 0.0621. The third-order valence-corrected chi connectivity index (χ3v) is 3.59. The number of hydrogen-bond donors (Lipinski definition) is 0. The normalized spacial score (nSPS) is 14.9. The van der Waals surface area contributed by atoms with Crippen molar-refractivity contribution in [1.29, 1.82) is 0 Å². The Labute approximate surface area is 118 Å². The zero-order valence-corrected chi connectivity index (χ0v) is 11.9. The van der Waals surface area contributed by atoms with Gasteiger partial charge in [0.2, 0.25) is 0 Å². The molecule has 1 aromatic rings. The molecular formula is C15H20F2N2O. The van der Waals surface area contributed by atoms with Crippen molar-refractivity contribution in [3.63, 3.8) is 0 Å². The Morgan fingerprint density at radius 2 is 2.00 bits per heavy atom. The molecule has 1 fully saturated rings. The third kappa shape index (κ3) is 3.26. The first kappa shape index (κ1) is 14.8. The van der Waals surface area contributed by atoms with Gasteiger partial charge < -0.3 is 9.80 Å². The summed E-state index contributed by atoms with van der Waals surface area (Å²) in [5, 5.41) is 0. The van der Waals surface area contributed by atoms with Crippen molar-refractivity contribution in [1.82, 2.24) is 4.90 Å². The van der Waals surface area contributed by atoms with E-state index in [-0.39, 0.29) is 5.91 Å². The summed E-state index contributed by atoms with van der Waals surface area (Å²) in [6, 6.07) is 5.67. The maximum Gasteiger partial charge on any atom is 0.255 e. The zero-order chi connectivity index (χ0) is 14.7. The average molecular weight is 282 g/mol. The summed E-state index contributed by atoms with van der Waals surface area (Å²) in [6.07, 6.45) is -0.299. The number of halogens is 2. The molecule has 1 saturated heterocycles. The van der Waals surface area contributed by atoms with E-state index in [1.165, 1.54) is 7.05 Å². The maximum absolute atomic E-state index is 12.4. The molecule has 0 saturated carbocycles. The highest BCUT2D eigenvalue weighted by Gasteiger charge is 2.23. The number of hydrogen-bond acceptors (Lipinski definition) is 2. The SMILES string of the molecule is Cc1ccc(N2CCCC2)c(C(=O)N(C)CC(F)F)c1. The van der Waals surface area contributed by atoms with Gasteiger partial charge in [0.1, 0.15) is 0 Å². The van der Waals surface area contributed by atoms with Gasteiger partial charge in [-0.1, -0.05) is 11.6 Å². The van der Waals surface area contributed by atoms with Crippen molar-refractivity contribution in [3.05, 3.63) is 29.3 Å². The van der Waals surface area contributed by atoms with Crippen molar-refractivity contribution in [3.8, 4) is 0 Å². The minimum Gasteiger partial charge on any atom is -0.371 e. The lowest BCUT2D eigenvalue weighted by Crippen LogP contribution is -2.33. The van der Waals surface area contributed by atoms with Gasteiger partial charge in [-0.25, -0.2) is 8.78 Å². The van der Waals surface area contributed by atoms with Crippen LogP contribution in [-0.2, 0) is 0 Å². The summed E-state index contributed by atoms with van der Waals surface area (Å²) in [5.74, 6) is -0.337. The minimum atomic E-state index is -2.51. The molecule has 1 aliphatic heterocycles. The van der Waals surface area contributed by atoms with Gasteiger partial charge in [-0.15, -0.1) is 0 Å². The van der Waals surface area contributed by atoms with E-state index in [9.17, 15) is 13.6 Å². The standard InChI is InChI=1S/C15H20F2N2O/c1-11-5-6-13(19-7-3-4-8-19)12(9-11)15(20)18(2)10-14(16)17/h5-6,9,14H,3-4,7-8,10H2,1-2H3. The van der Waals surface area contributed by atoms with E-state index >= 15 is 0 Å². The summed E-state index contributed by atoms with van der Waals surface area (Å²) >= 11 is 0. The van der Waals surface area contributed by atoms with Crippen LogP contribution in [0.4, 0.5) is 14.5 Å². The molecule has 0 aromatic heterocycles. The smallest absolute Gasteiger partial charge is 0.255 e. The molecule has 1 heterocycles. The fraction of sp³-hybridized carbons (Fsp3) is 0.533. The number of amides is 1. The number of alkyl halides is 2. The molecular weight excluding hydrogens is 262 g/mol. The van der Waals surface area contributed by atoms with E-state index in [2.05, 4.69) is 4.90 Å². The van der Waals surface area contributed by atoms with Gasteiger partial charge in [-0.3, -0.25) is 4.79 Å². The summed E-state index contributed by atoms with van der Waals surface area (Å²) in [6.45, 7) is 3.20. The second-order valence-corrected chi connectivity index (χ2v) is 5.29. The van der Waals surface area contributed by atoms with E-state index in [1.54, 1.807) is 6.07 Å². The first-order valence-corrected chi connectivity index (χ1v) is 6.88. The lowest BCUT2D eigenvalue weighted by Gasteiger charge is -2.24. The summed E-state index contributed by atoms with van der Waals surface area (Å²) < 4.78 is 24.9. The summed E-state index contributed by atoms with van der Waals surface area (Å²) in [5.41, 5.74) is 2.34. The van der Waals surface area contributed by atoms with Crippen LogP contribution in [0.1, 0.15) is 28.8 Å². The predicted molar refractivity (Wildman–Crippen MR) is 75.6 cm³/mol. The van der Waals surface area contributed by atoms with Crippen LogP contribution in [0.3, 0.4) is 0 Å². The van der Waals surface area contributed by atoms with Crippen molar-refractivity contribution >= 4 is 11.6 Å². The fourth-order valence-electron chi connectivity index (χ4n) is 2.55. The largest absolute Gasteiger partial charge is 0.371 e. The number of benzene rings is 1. The van der Waals surface area contributed by atoms with E-state index in [4.69, 9.17) is 0 Å². The van der Waals surface area contributed by atoms with Gasteiger partial charge >= 0.3 is 0 Å². The van der Waals surface area contributed by atoms with Crippen LogP contribution in [-0.4, -0.2) is 43.9 Å². The van der Waals surface area contributed by atoms with Gasteiger partial charge in [-0.2, -0.15) is 0 Å². The second kappa shape index (κ2) is 6.20. The van der Waals surface area contributed by atoms with Crippen LogP contribution in [0, 0.1) is 6.92 Å². The molecule has 0 radical (unpaired) electrons. The molecule has 0 spiro atoms. The highest BCUT2D eigenvalue weighted by molar-refractivity contribution is 6.00. The molecule has 1 aliphatic rings. The fourth-order valence-corrected chi connectivity index (χ4v) is 2.55. The molecule has 1 aromatic carbocycles. The van der Waals surface area contributed by atoms with Crippen LogP contribution < -0.4 is 4.90 Å². The Balaban J connectivity index is 2.28. The van der Waals surface area contributed by atoms with Crippen LogP contribution in [0.25, 0.3) is 0 Å². The molecule has 0 N–H and O–H groups in total. The molecule has 5 heteroatoms. The Kier molecular flexibility index (Phi) is 4.57. The molecule has 0 bridgehead atoms. The minimum absolute atomic E-state index is 0.337. The van der Waals surface area contributed by atoms with E-state index in [0.29, 0.717) is 5.56 Å². The van der Waals surface area contributed by atoms with Crippen molar-refractivity contribution in [2.45, 2.75) is 26.2 Å². The average Bonchev–Trinajstić information content (AvgIpc) is 2.90. The van der Waals surface area contributed by atoms with Crippen LogP contribution >= 0.6 is 0 Å². The number of aryl methyl sites for hydroxylation is 1. The molecule has 3 nitrogen and oxygen atoms in total. The molecule has 2 rings (SSSR count). The summed E-state index contributed by atoms with van der Waals surface area (Å²) in [7, 11) is 1.42. The monoisotopic (exact) mass is 282 g/mol. The van der Waals surface area contributed by atoms with Crippen LogP contribution in [0.5, 0.6) is 0 Å².